The molecule has 0 radical (unpaired) electrons. The third-order valence-corrected chi connectivity index (χ3v) is 2.84. The fourth-order valence-electron chi connectivity index (χ4n) is 1.61. The summed E-state index contributed by atoms with van der Waals surface area (Å²) in [5.74, 6) is 1.35. The Bertz CT molecular complexity index is 427. The maximum absolute atomic E-state index is 5.26. The average Bonchev–Trinajstić information content (AvgIpc) is 2.46. The molecule has 0 atom stereocenters. The van der Waals surface area contributed by atoms with Crippen LogP contribution in [0.4, 0.5) is 5.69 Å². The Morgan fingerprint density at radius 3 is 2.60 bits per heavy atom. The topological polar surface area (TPSA) is 51.8 Å². The summed E-state index contributed by atoms with van der Waals surface area (Å²) in [6.07, 6.45) is 0.918. The lowest BCUT2D eigenvalue weighted by molar-refractivity contribution is 0.146. The van der Waals surface area contributed by atoms with Crippen LogP contribution < -0.4 is 20.1 Å². The summed E-state index contributed by atoms with van der Waals surface area (Å²) < 4.78 is 15.7. The molecule has 1 rings (SSSR count). The zero-order valence-electron chi connectivity index (χ0n) is 12.2. The number of thiocarbonyl (C=S) groups is 1. The Labute approximate surface area is 125 Å². The van der Waals surface area contributed by atoms with E-state index in [1.165, 1.54) is 0 Å². The monoisotopic (exact) mass is 298 g/mol. The fraction of sp³-hybridized carbons (Fsp3) is 0.500. The molecule has 1 aromatic rings. The lowest BCUT2D eigenvalue weighted by atomic mass is 10.3. The summed E-state index contributed by atoms with van der Waals surface area (Å²) in [6, 6.07) is 5.56. The lowest BCUT2D eigenvalue weighted by Crippen LogP contribution is -2.29. The number of anilines is 1. The number of ether oxygens (including phenoxy) is 3. The van der Waals surface area contributed by atoms with Crippen LogP contribution in [0.5, 0.6) is 11.5 Å². The van der Waals surface area contributed by atoms with E-state index in [2.05, 4.69) is 10.6 Å². The molecule has 0 heterocycles. The first-order valence-corrected chi connectivity index (χ1v) is 6.96. The van der Waals surface area contributed by atoms with Crippen LogP contribution in [0.2, 0.25) is 0 Å². The van der Waals surface area contributed by atoms with Crippen LogP contribution in [0.1, 0.15) is 13.3 Å². The first-order chi connectivity index (χ1) is 9.71. The molecular formula is C14H22N2O3S. The fourth-order valence-corrected chi connectivity index (χ4v) is 1.83. The number of hydrogen-bond acceptors (Lipinski definition) is 4. The van der Waals surface area contributed by atoms with Crippen LogP contribution in [0, 0.1) is 0 Å². The molecule has 1 aromatic carbocycles. The van der Waals surface area contributed by atoms with Gasteiger partial charge in [0.1, 0.15) is 0 Å². The first-order valence-electron chi connectivity index (χ1n) is 6.55. The molecule has 0 spiro atoms. The van der Waals surface area contributed by atoms with Crippen LogP contribution in [-0.2, 0) is 4.74 Å². The van der Waals surface area contributed by atoms with Crippen molar-refractivity contribution in [2.75, 3.05) is 39.3 Å². The summed E-state index contributed by atoms with van der Waals surface area (Å²) in [5, 5.41) is 6.80. The van der Waals surface area contributed by atoms with Gasteiger partial charge in [-0.2, -0.15) is 0 Å². The lowest BCUT2D eigenvalue weighted by Gasteiger charge is -2.13. The molecule has 0 amide bonds. The second-order valence-corrected chi connectivity index (χ2v) is 4.41. The maximum atomic E-state index is 5.26. The first kappa shape index (κ1) is 16.5. The van der Waals surface area contributed by atoms with Crippen LogP contribution in [0.25, 0.3) is 0 Å². The molecule has 20 heavy (non-hydrogen) atoms. The van der Waals surface area contributed by atoms with Crippen molar-refractivity contribution in [2.45, 2.75) is 13.3 Å². The van der Waals surface area contributed by atoms with Gasteiger partial charge in [-0.05, 0) is 37.7 Å². The van der Waals surface area contributed by atoms with E-state index in [1.54, 1.807) is 14.2 Å². The van der Waals surface area contributed by atoms with Gasteiger partial charge >= 0.3 is 0 Å². The Hall–Kier alpha value is -1.53. The summed E-state index contributed by atoms with van der Waals surface area (Å²) in [4.78, 5) is 0. The van der Waals surface area contributed by atoms with E-state index in [-0.39, 0.29) is 0 Å². The summed E-state index contributed by atoms with van der Waals surface area (Å²) in [5.41, 5.74) is 0.852. The highest BCUT2D eigenvalue weighted by molar-refractivity contribution is 7.80. The molecule has 0 aromatic heterocycles. The van der Waals surface area contributed by atoms with Gasteiger partial charge in [0.05, 0.1) is 14.2 Å². The average molecular weight is 298 g/mol. The predicted molar refractivity (Wildman–Crippen MR) is 84.9 cm³/mol. The smallest absolute Gasteiger partial charge is 0.170 e. The molecule has 0 unspecified atom stereocenters. The zero-order chi connectivity index (χ0) is 14.8. The molecule has 0 aliphatic heterocycles. The van der Waals surface area contributed by atoms with Crippen molar-refractivity contribution in [1.82, 2.24) is 5.32 Å². The van der Waals surface area contributed by atoms with Gasteiger partial charge in [-0.25, -0.2) is 0 Å². The van der Waals surface area contributed by atoms with E-state index in [4.69, 9.17) is 26.4 Å². The molecule has 0 saturated carbocycles. The van der Waals surface area contributed by atoms with Crippen molar-refractivity contribution in [1.29, 1.82) is 0 Å². The Morgan fingerprint density at radius 1 is 1.20 bits per heavy atom. The van der Waals surface area contributed by atoms with E-state index in [0.717, 1.165) is 31.9 Å². The number of rotatable bonds is 8. The normalized spacial score (nSPS) is 9.95. The summed E-state index contributed by atoms with van der Waals surface area (Å²) in [6.45, 7) is 4.24. The van der Waals surface area contributed by atoms with E-state index < -0.39 is 0 Å². The van der Waals surface area contributed by atoms with Gasteiger partial charge in [0.2, 0.25) is 0 Å². The highest BCUT2D eigenvalue weighted by atomic mass is 32.1. The van der Waals surface area contributed by atoms with Crippen LogP contribution in [0.3, 0.4) is 0 Å². The largest absolute Gasteiger partial charge is 0.493 e. The third-order valence-electron chi connectivity index (χ3n) is 2.60. The third kappa shape index (κ3) is 5.63. The van der Waals surface area contributed by atoms with Gasteiger partial charge in [-0.3, -0.25) is 0 Å². The van der Waals surface area contributed by atoms with E-state index >= 15 is 0 Å². The second kappa shape index (κ2) is 9.39. The molecular weight excluding hydrogens is 276 g/mol. The predicted octanol–water partition coefficient (Wildman–Crippen LogP) is 2.42. The van der Waals surface area contributed by atoms with E-state index in [1.807, 2.05) is 25.1 Å². The summed E-state index contributed by atoms with van der Waals surface area (Å²) >= 11 is 5.22. The molecule has 6 heteroatoms. The highest BCUT2D eigenvalue weighted by Gasteiger charge is 2.05. The Morgan fingerprint density at radius 2 is 1.95 bits per heavy atom. The molecule has 0 saturated heterocycles. The second-order valence-electron chi connectivity index (χ2n) is 4.00. The molecule has 112 valence electrons. The van der Waals surface area contributed by atoms with Crippen LogP contribution >= 0.6 is 12.2 Å². The van der Waals surface area contributed by atoms with Crippen molar-refractivity contribution in [3.8, 4) is 11.5 Å². The highest BCUT2D eigenvalue weighted by Crippen LogP contribution is 2.29. The number of methoxy groups -OCH3 is 2. The van der Waals surface area contributed by atoms with E-state index in [9.17, 15) is 0 Å². The summed E-state index contributed by atoms with van der Waals surface area (Å²) in [7, 11) is 3.21. The van der Waals surface area contributed by atoms with Gasteiger partial charge in [-0.15, -0.1) is 0 Å². The van der Waals surface area contributed by atoms with Crippen molar-refractivity contribution < 1.29 is 14.2 Å². The van der Waals surface area contributed by atoms with Gasteiger partial charge in [-0.1, -0.05) is 0 Å². The zero-order valence-corrected chi connectivity index (χ0v) is 13.0. The van der Waals surface area contributed by atoms with Gasteiger partial charge in [0.15, 0.2) is 16.6 Å². The van der Waals surface area contributed by atoms with E-state index in [0.29, 0.717) is 16.6 Å². The maximum Gasteiger partial charge on any atom is 0.170 e. The van der Waals surface area contributed by atoms with Gasteiger partial charge < -0.3 is 24.8 Å². The molecule has 0 aliphatic carbocycles. The minimum atomic E-state index is 0.578. The Balaban J connectivity index is 2.41. The Kier molecular flexibility index (Phi) is 7.75. The van der Waals surface area contributed by atoms with Crippen molar-refractivity contribution >= 4 is 23.0 Å². The molecule has 5 nitrogen and oxygen atoms in total. The number of nitrogens with one attached hydrogen (secondary N) is 2. The van der Waals surface area contributed by atoms with Gasteiger partial charge in [0, 0.05) is 31.5 Å². The SMILES string of the molecule is CCOCCCNC(=S)Nc1ccc(OC)c(OC)c1. The minimum Gasteiger partial charge on any atom is -0.493 e. The molecule has 0 aliphatic rings. The van der Waals surface area contributed by atoms with Crippen LogP contribution in [-0.4, -0.2) is 39.1 Å². The molecule has 0 fully saturated rings. The number of benzene rings is 1. The van der Waals surface area contributed by atoms with Crippen LogP contribution in [0.15, 0.2) is 18.2 Å². The standard InChI is InChI=1S/C14H22N2O3S/c1-4-19-9-5-8-15-14(20)16-11-6-7-12(17-2)13(10-11)18-3/h6-7,10H,4-5,8-9H2,1-3H3,(H2,15,16,20). The molecule has 2 N–H and O–H groups in total. The van der Waals surface area contributed by atoms with Crippen molar-refractivity contribution in [3.63, 3.8) is 0 Å². The molecule has 0 bridgehead atoms. The van der Waals surface area contributed by atoms with Crippen molar-refractivity contribution in [3.05, 3.63) is 18.2 Å². The quantitative estimate of drug-likeness (QED) is 0.568. The van der Waals surface area contributed by atoms with Gasteiger partial charge in [0.25, 0.3) is 0 Å². The minimum absolute atomic E-state index is 0.578. The van der Waals surface area contributed by atoms with Crippen molar-refractivity contribution in [2.24, 2.45) is 0 Å². The number of hydrogen-bond donors (Lipinski definition) is 2.